The topological polar surface area (TPSA) is 111 Å². The summed E-state index contributed by atoms with van der Waals surface area (Å²) in [6.45, 7) is 9.14. The number of esters is 1. The van der Waals surface area contributed by atoms with Crippen LogP contribution in [0.1, 0.15) is 52.8 Å². The lowest BCUT2D eigenvalue weighted by Gasteiger charge is -2.35. The highest BCUT2D eigenvalue weighted by Gasteiger charge is 2.26. The van der Waals surface area contributed by atoms with E-state index in [4.69, 9.17) is 4.74 Å². The third kappa shape index (κ3) is 5.18. The van der Waals surface area contributed by atoms with Gasteiger partial charge in [-0.2, -0.15) is 0 Å². The molecule has 4 rings (SSSR count). The molecule has 1 fully saturated rings. The number of ether oxygens (including phenoxy) is 1. The number of rotatable bonds is 6. The van der Waals surface area contributed by atoms with Crippen LogP contribution in [0.3, 0.4) is 0 Å². The average molecular weight is 511 g/mol. The minimum absolute atomic E-state index is 0.0923. The number of carbonyl (C=O) groups is 3. The first kappa shape index (κ1) is 25.6. The number of aromatic nitrogens is 2. The Hall–Kier alpha value is -3.53. The Morgan fingerprint density at radius 3 is 2.56 bits per heavy atom. The van der Waals surface area contributed by atoms with Gasteiger partial charge in [0.1, 0.15) is 11.4 Å². The minimum atomic E-state index is -0.534. The van der Waals surface area contributed by atoms with Crippen molar-refractivity contribution in [2.45, 2.75) is 40.7 Å². The molecule has 0 aliphatic carbocycles. The summed E-state index contributed by atoms with van der Waals surface area (Å²) in [5.74, 6) is -0.259. The zero-order chi connectivity index (χ0) is 26.0. The van der Waals surface area contributed by atoms with Gasteiger partial charge in [-0.05, 0) is 49.8 Å². The number of hydrogen-bond donors (Lipinski definition) is 1. The van der Waals surface area contributed by atoms with E-state index >= 15 is 0 Å². The molecule has 10 heteroatoms. The van der Waals surface area contributed by atoms with Crippen molar-refractivity contribution in [1.82, 2.24) is 14.5 Å². The fourth-order valence-electron chi connectivity index (χ4n) is 4.76. The number of thiophene rings is 1. The van der Waals surface area contributed by atoms with Crippen LogP contribution in [0.15, 0.2) is 35.4 Å². The van der Waals surface area contributed by atoms with Crippen LogP contribution in [0, 0.1) is 18.8 Å². The van der Waals surface area contributed by atoms with Crippen molar-refractivity contribution in [2.24, 2.45) is 11.8 Å². The highest BCUT2D eigenvalue weighted by molar-refractivity contribution is 7.20. The molecule has 2 amide bonds. The number of carbonyl (C=O) groups excluding carboxylic acids is 3. The van der Waals surface area contributed by atoms with Gasteiger partial charge in [0, 0.05) is 13.1 Å². The lowest BCUT2D eigenvalue weighted by molar-refractivity contribution is -0.134. The Labute approximate surface area is 213 Å². The number of nitrogens with zero attached hydrogens (tertiary/aromatic N) is 3. The Bertz CT molecular complexity index is 1370. The zero-order valence-electron chi connectivity index (χ0n) is 20.9. The SMILES string of the molecule is CCOC(=O)c1ccccc1NC(=O)c1sc2ncn(CC(=O)N3C[C@@H](C)C[C@H](C)C3)c(=O)c2c1C. The number of benzene rings is 1. The summed E-state index contributed by atoms with van der Waals surface area (Å²) >= 11 is 1.10. The Kier molecular flexibility index (Phi) is 7.53. The quantitative estimate of drug-likeness (QED) is 0.507. The van der Waals surface area contributed by atoms with E-state index in [9.17, 15) is 19.2 Å². The average Bonchev–Trinajstić information content (AvgIpc) is 3.17. The summed E-state index contributed by atoms with van der Waals surface area (Å²) in [5, 5.41) is 3.08. The van der Waals surface area contributed by atoms with E-state index in [2.05, 4.69) is 24.1 Å². The molecule has 0 saturated carbocycles. The maximum atomic E-state index is 13.3. The van der Waals surface area contributed by atoms with E-state index in [1.165, 1.54) is 10.9 Å². The molecule has 1 aromatic carbocycles. The first-order chi connectivity index (χ1) is 17.2. The van der Waals surface area contributed by atoms with Crippen LogP contribution < -0.4 is 10.9 Å². The number of hydrogen-bond acceptors (Lipinski definition) is 7. The summed E-state index contributed by atoms with van der Waals surface area (Å²) in [4.78, 5) is 58.5. The van der Waals surface area contributed by atoms with Gasteiger partial charge >= 0.3 is 5.97 Å². The number of aryl methyl sites for hydroxylation is 1. The van der Waals surface area contributed by atoms with E-state index in [1.54, 1.807) is 38.1 Å². The van der Waals surface area contributed by atoms with Crippen molar-refractivity contribution in [3.63, 3.8) is 0 Å². The molecule has 1 aliphatic heterocycles. The summed E-state index contributed by atoms with van der Waals surface area (Å²) in [7, 11) is 0. The number of likely N-dealkylation sites (tertiary alicyclic amines) is 1. The van der Waals surface area contributed by atoms with Gasteiger partial charge in [0.25, 0.3) is 11.5 Å². The van der Waals surface area contributed by atoms with E-state index in [0.29, 0.717) is 51.3 Å². The number of anilines is 1. The van der Waals surface area contributed by atoms with Gasteiger partial charge in [-0.3, -0.25) is 19.0 Å². The molecule has 2 atom stereocenters. The van der Waals surface area contributed by atoms with Crippen LogP contribution in [-0.2, 0) is 16.1 Å². The summed E-state index contributed by atoms with van der Waals surface area (Å²) < 4.78 is 6.38. The zero-order valence-corrected chi connectivity index (χ0v) is 21.7. The second kappa shape index (κ2) is 10.6. The van der Waals surface area contributed by atoms with Crippen LogP contribution in [0.25, 0.3) is 10.2 Å². The van der Waals surface area contributed by atoms with Gasteiger partial charge in [-0.15, -0.1) is 11.3 Å². The molecule has 190 valence electrons. The van der Waals surface area contributed by atoms with Gasteiger partial charge in [0.2, 0.25) is 5.91 Å². The Balaban J connectivity index is 1.59. The molecule has 0 radical (unpaired) electrons. The molecule has 0 spiro atoms. The minimum Gasteiger partial charge on any atom is -0.462 e. The summed E-state index contributed by atoms with van der Waals surface area (Å²) in [6, 6.07) is 6.58. The van der Waals surface area contributed by atoms with Crippen LogP contribution in [0.2, 0.25) is 0 Å². The number of fused-ring (bicyclic) bond motifs is 1. The molecule has 0 unspecified atom stereocenters. The Morgan fingerprint density at radius 2 is 1.86 bits per heavy atom. The van der Waals surface area contributed by atoms with Crippen LogP contribution in [-0.4, -0.2) is 51.9 Å². The smallest absolute Gasteiger partial charge is 0.340 e. The molecule has 1 saturated heterocycles. The largest absolute Gasteiger partial charge is 0.462 e. The van der Waals surface area contributed by atoms with E-state index in [0.717, 1.165) is 17.8 Å². The van der Waals surface area contributed by atoms with E-state index < -0.39 is 11.9 Å². The van der Waals surface area contributed by atoms with E-state index in [1.807, 2.05) is 4.90 Å². The fourth-order valence-corrected chi connectivity index (χ4v) is 5.79. The predicted molar refractivity (Wildman–Crippen MR) is 138 cm³/mol. The monoisotopic (exact) mass is 510 g/mol. The fraction of sp³-hybridized carbons (Fsp3) is 0.423. The maximum Gasteiger partial charge on any atom is 0.340 e. The summed E-state index contributed by atoms with van der Waals surface area (Å²) in [5.41, 5.74) is 0.692. The van der Waals surface area contributed by atoms with Gasteiger partial charge in [-0.25, -0.2) is 9.78 Å². The van der Waals surface area contributed by atoms with Crippen molar-refractivity contribution >= 4 is 45.0 Å². The van der Waals surface area contributed by atoms with Gasteiger partial charge < -0.3 is 15.0 Å². The number of piperidine rings is 1. The molecular weight excluding hydrogens is 480 g/mol. The first-order valence-electron chi connectivity index (χ1n) is 12.0. The third-order valence-electron chi connectivity index (χ3n) is 6.32. The maximum absolute atomic E-state index is 13.3. The van der Waals surface area contributed by atoms with Crippen molar-refractivity contribution in [3.05, 3.63) is 57.0 Å². The second-order valence-corrected chi connectivity index (χ2v) is 10.4. The molecule has 1 N–H and O–H groups in total. The standard InChI is InChI=1S/C26H30N4O5S/c1-5-35-26(34)18-8-6-7-9-19(18)28-23(32)22-17(4)21-24(36-22)27-14-30(25(21)33)13-20(31)29-11-15(2)10-16(3)12-29/h6-9,14-16H,5,10-13H2,1-4H3,(H,28,32)/t15-,16-/m0/s1. The molecule has 1 aliphatic rings. The molecule has 0 bridgehead atoms. The van der Waals surface area contributed by atoms with Gasteiger partial charge in [-0.1, -0.05) is 26.0 Å². The Morgan fingerprint density at radius 1 is 1.17 bits per heavy atom. The molecule has 2 aromatic heterocycles. The van der Waals surface area contributed by atoms with E-state index in [-0.39, 0.29) is 30.2 Å². The molecule has 9 nitrogen and oxygen atoms in total. The van der Waals surface area contributed by atoms with Crippen LogP contribution >= 0.6 is 11.3 Å². The third-order valence-corrected chi connectivity index (χ3v) is 7.52. The number of nitrogens with one attached hydrogen (secondary N) is 1. The van der Waals surface area contributed by atoms with Crippen molar-refractivity contribution in [2.75, 3.05) is 25.0 Å². The van der Waals surface area contributed by atoms with Gasteiger partial charge in [0.15, 0.2) is 0 Å². The predicted octanol–water partition coefficient (Wildman–Crippen LogP) is 3.70. The van der Waals surface area contributed by atoms with Crippen LogP contribution in [0.4, 0.5) is 5.69 Å². The first-order valence-corrected chi connectivity index (χ1v) is 12.8. The molecule has 36 heavy (non-hydrogen) atoms. The van der Waals surface area contributed by atoms with Crippen LogP contribution in [0.5, 0.6) is 0 Å². The number of amides is 2. The van der Waals surface area contributed by atoms with Crippen molar-refractivity contribution in [1.29, 1.82) is 0 Å². The lowest BCUT2D eigenvalue weighted by atomic mass is 9.92. The van der Waals surface area contributed by atoms with Gasteiger partial charge in [0.05, 0.1) is 34.4 Å². The lowest BCUT2D eigenvalue weighted by Crippen LogP contribution is -2.44. The van der Waals surface area contributed by atoms with Crippen molar-refractivity contribution in [3.8, 4) is 0 Å². The normalized spacial score (nSPS) is 17.7. The second-order valence-electron chi connectivity index (χ2n) is 9.38. The number of para-hydroxylation sites is 1. The highest BCUT2D eigenvalue weighted by Crippen LogP contribution is 2.28. The molecular formula is C26H30N4O5S. The molecule has 3 heterocycles. The van der Waals surface area contributed by atoms with Crippen molar-refractivity contribution < 1.29 is 19.1 Å². The highest BCUT2D eigenvalue weighted by atomic mass is 32.1. The molecule has 3 aromatic rings. The summed E-state index contributed by atoms with van der Waals surface area (Å²) in [6.07, 6.45) is 2.45.